The number of ether oxygens (including phenoxy) is 1. The van der Waals surface area contributed by atoms with Crippen molar-refractivity contribution >= 4 is 29.1 Å². The Balaban J connectivity index is 1.79. The molecule has 5 nitrogen and oxygen atoms in total. The highest BCUT2D eigenvalue weighted by Gasteiger charge is 2.30. The van der Waals surface area contributed by atoms with Crippen molar-refractivity contribution in [3.8, 4) is 5.75 Å². The minimum absolute atomic E-state index is 0.0267. The minimum atomic E-state index is -0.824. The maximum absolute atomic E-state index is 12.4. The number of nitrogens with zero attached hydrogens (tertiary/aromatic N) is 1. The number of aliphatic hydroxyl groups excluding tert-OH is 1. The van der Waals surface area contributed by atoms with Gasteiger partial charge < -0.3 is 15.2 Å². The molecule has 1 aromatic rings. The van der Waals surface area contributed by atoms with Crippen LogP contribution in [0.15, 0.2) is 18.2 Å². The van der Waals surface area contributed by atoms with Crippen molar-refractivity contribution in [2.45, 2.75) is 51.3 Å². The summed E-state index contributed by atoms with van der Waals surface area (Å²) in [5.74, 6) is 0.381. The first-order chi connectivity index (χ1) is 11.9. The lowest BCUT2D eigenvalue weighted by Gasteiger charge is -2.37. The Kier molecular flexibility index (Phi) is 7.81. The van der Waals surface area contributed by atoms with Crippen LogP contribution in [0.3, 0.4) is 0 Å². The first-order valence-corrected chi connectivity index (χ1v) is 9.44. The van der Waals surface area contributed by atoms with E-state index in [0.29, 0.717) is 21.8 Å². The van der Waals surface area contributed by atoms with E-state index in [2.05, 4.69) is 24.1 Å². The maximum Gasteiger partial charge on any atom is 0.237 e. The van der Waals surface area contributed by atoms with E-state index in [-0.39, 0.29) is 25.1 Å². The molecule has 1 fully saturated rings. The number of amides is 1. The van der Waals surface area contributed by atoms with E-state index >= 15 is 0 Å². The van der Waals surface area contributed by atoms with Gasteiger partial charge in [0, 0.05) is 12.6 Å². The monoisotopic (exact) mass is 388 g/mol. The van der Waals surface area contributed by atoms with Crippen LogP contribution in [0.25, 0.3) is 0 Å². The van der Waals surface area contributed by atoms with Crippen molar-refractivity contribution in [2.24, 2.45) is 0 Å². The third-order valence-corrected chi connectivity index (χ3v) is 5.17. The van der Waals surface area contributed by atoms with E-state index in [0.717, 1.165) is 25.8 Å². The number of rotatable bonds is 7. The van der Waals surface area contributed by atoms with Crippen LogP contribution in [-0.4, -0.2) is 53.8 Å². The molecule has 1 aliphatic rings. The molecule has 1 aromatic carbocycles. The zero-order valence-electron chi connectivity index (χ0n) is 14.7. The van der Waals surface area contributed by atoms with Gasteiger partial charge in [0.2, 0.25) is 5.91 Å². The molecule has 1 aliphatic heterocycles. The molecule has 2 rings (SSSR count). The lowest BCUT2D eigenvalue weighted by Crippen LogP contribution is -2.53. The summed E-state index contributed by atoms with van der Waals surface area (Å²) < 4.78 is 5.49. The number of carbonyl (C=O) groups excluding carboxylic acids is 1. The molecule has 1 heterocycles. The predicted molar refractivity (Wildman–Crippen MR) is 100 cm³/mol. The largest absolute Gasteiger partial charge is 0.489 e. The molecule has 2 N–H and O–H groups in total. The minimum Gasteiger partial charge on any atom is -0.489 e. The van der Waals surface area contributed by atoms with Crippen LogP contribution in [0.1, 0.15) is 33.1 Å². The maximum atomic E-state index is 12.4. The van der Waals surface area contributed by atoms with Crippen LogP contribution in [0.4, 0.5) is 0 Å². The van der Waals surface area contributed by atoms with E-state index in [1.807, 2.05) is 0 Å². The lowest BCUT2D eigenvalue weighted by molar-refractivity contribution is -0.129. The van der Waals surface area contributed by atoms with Gasteiger partial charge >= 0.3 is 0 Å². The normalized spacial score (nSPS) is 19.7. The number of hydrogen-bond acceptors (Lipinski definition) is 4. The first-order valence-electron chi connectivity index (χ1n) is 8.68. The van der Waals surface area contributed by atoms with Crippen molar-refractivity contribution in [3.63, 3.8) is 0 Å². The standard InChI is InChI=1S/C18H26Cl2N2O3/c1-12(2)22-9-4-3-7-15(22)18(24)21-10-13(23)11-25-16-8-5-6-14(19)17(16)20/h5-6,8,12-13,15,23H,3-4,7,9-11H2,1-2H3,(H,21,24). The summed E-state index contributed by atoms with van der Waals surface area (Å²) in [5.41, 5.74) is 0. The second-order valence-corrected chi connectivity index (χ2v) is 7.39. The van der Waals surface area contributed by atoms with Gasteiger partial charge in [-0.2, -0.15) is 0 Å². The van der Waals surface area contributed by atoms with Crippen molar-refractivity contribution in [3.05, 3.63) is 28.2 Å². The summed E-state index contributed by atoms with van der Waals surface area (Å²) in [6.45, 7) is 5.30. The third-order valence-electron chi connectivity index (χ3n) is 4.37. The van der Waals surface area contributed by atoms with Crippen LogP contribution in [0, 0.1) is 0 Å². The second kappa shape index (κ2) is 9.62. The summed E-state index contributed by atoms with van der Waals surface area (Å²) in [5, 5.41) is 13.6. The van der Waals surface area contributed by atoms with Crippen LogP contribution < -0.4 is 10.1 Å². The van der Waals surface area contributed by atoms with Gasteiger partial charge in [-0.25, -0.2) is 0 Å². The van der Waals surface area contributed by atoms with Gasteiger partial charge in [0.05, 0.1) is 11.1 Å². The molecule has 2 atom stereocenters. The molecular formula is C18H26Cl2N2O3. The molecule has 0 radical (unpaired) electrons. The number of halogens is 2. The lowest BCUT2D eigenvalue weighted by atomic mass is 9.99. The summed E-state index contributed by atoms with van der Waals surface area (Å²) in [6.07, 6.45) is 2.21. The Bertz CT molecular complexity index is 583. The van der Waals surface area contributed by atoms with Crippen molar-refractivity contribution < 1.29 is 14.6 Å². The topological polar surface area (TPSA) is 61.8 Å². The van der Waals surface area contributed by atoms with Crippen molar-refractivity contribution in [1.29, 1.82) is 0 Å². The number of benzene rings is 1. The Morgan fingerprint density at radius 2 is 2.16 bits per heavy atom. The molecule has 2 unspecified atom stereocenters. The molecule has 7 heteroatoms. The Morgan fingerprint density at radius 1 is 1.40 bits per heavy atom. The fourth-order valence-electron chi connectivity index (χ4n) is 3.03. The number of nitrogens with one attached hydrogen (secondary N) is 1. The molecule has 1 amide bonds. The number of piperidine rings is 1. The van der Waals surface area contributed by atoms with E-state index in [1.54, 1.807) is 18.2 Å². The van der Waals surface area contributed by atoms with Crippen molar-refractivity contribution in [2.75, 3.05) is 19.7 Å². The van der Waals surface area contributed by atoms with Gasteiger partial charge in [0.25, 0.3) is 0 Å². The van der Waals surface area contributed by atoms with Gasteiger partial charge in [0.1, 0.15) is 23.5 Å². The molecule has 0 aromatic heterocycles. The number of carbonyl (C=O) groups is 1. The summed E-state index contributed by atoms with van der Waals surface area (Å²) in [4.78, 5) is 14.7. The summed E-state index contributed by atoms with van der Waals surface area (Å²) >= 11 is 12.0. The average Bonchev–Trinajstić information content (AvgIpc) is 2.60. The zero-order chi connectivity index (χ0) is 18.4. The average molecular weight is 389 g/mol. The Labute approximate surface area is 159 Å². The fraction of sp³-hybridized carbons (Fsp3) is 0.611. The molecule has 140 valence electrons. The molecule has 25 heavy (non-hydrogen) atoms. The number of aliphatic hydroxyl groups is 1. The van der Waals surface area contributed by atoms with Gasteiger partial charge in [-0.1, -0.05) is 35.7 Å². The molecular weight excluding hydrogens is 363 g/mol. The molecule has 0 saturated carbocycles. The molecule has 0 bridgehead atoms. The van der Waals surface area contributed by atoms with Crippen molar-refractivity contribution in [1.82, 2.24) is 10.2 Å². The van der Waals surface area contributed by atoms with Gasteiger partial charge in [0.15, 0.2) is 0 Å². The van der Waals surface area contributed by atoms with Crippen LogP contribution in [0.2, 0.25) is 10.0 Å². The smallest absolute Gasteiger partial charge is 0.237 e. The van der Waals surface area contributed by atoms with Gasteiger partial charge in [-0.3, -0.25) is 9.69 Å². The first kappa shape index (κ1) is 20.3. The van der Waals surface area contributed by atoms with E-state index in [4.69, 9.17) is 27.9 Å². The predicted octanol–water partition coefficient (Wildman–Crippen LogP) is 3.11. The molecule has 1 saturated heterocycles. The highest BCUT2D eigenvalue weighted by molar-refractivity contribution is 6.42. The summed E-state index contributed by atoms with van der Waals surface area (Å²) in [7, 11) is 0. The highest BCUT2D eigenvalue weighted by atomic mass is 35.5. The quantitative estimate of drug-likeness (QED) is 0.752. The fourth-order valence-corrected chi connectivity index (χ4v) is 3.38. The van der Waals surface area contributed by atoms with Crippen LogP contribution in [-0.2, 0) is 4.79 Å². The zero-order valence-corrected chi connectivity index (χ0v) is 16.2. The Morgan fingerprint density at radius 3 is 2.88 bits per heavy atom. The Hall–Kier alpha value is -1.01. The van der Waals surface area contributed by atoms with E-state index in [1.165, 1.54) is 0 Å². The van der Waals surface area contributed by atoms with Crippen LogP contribution >= 0.6 is 23.2 Å². The highest BCUT2D eigenvalue weighted by Crippen LogP contribution is 2.31. The SMILES string of the molecule is CC(C)N1CCCCC1C(=O)NCC(O)COc1cccc(Cl)c1Cl. The van der Waals surface area contributed by atoms with Gasteiger partial charge in [-0.05, 0) is 45.4 Å². The van der Waals surface area contributed by atoms with Crippen LogP contribution in [0.5, 0.6) is 5.75 Å². The van der Waals surface area contributed by atoms with E-state index in [9.17, 15) is 9.90 Å². The molecule has 0 aliphatic carbocycles. The van der Waals surface area contributed by atoms with Gasteiger partial charge in [-0.15, -0.1) is 0 Å². The van der Waals surface area contributed by atoms with E-state index < -0.39 is 6.10 Å². The summed E-state index contributed by atoms with van der Waals surface area (Å²) in [6, 6.07) is 5.28. The third kappa shape index (κ3) is 5.74. The molecule has 0 spiro atoms. The number of likely N-dealkylation sites (tertiary alicyclic amines) is 1. The number of hydrogen-bond donors (Lipinski definition) is 2. The second-order valence-electron chi connectivity index (χ2n) is 6.61.